The molecule has 1 atom stereocenters. The number of benzene rings is 1. The minimum absolute atomic E-state index is 0.114. The number of aliphatic hydroxyl groups is 1. The first-order chi connectivity index (χ1) is 9.06. The number of nitrogens with zero attached hydrogens (tertiary/aromatic N) is 2. The Balaban J connectivity index is 1.85. The van der Waals surface area contributed by atoms with Crippen molar-refractivity contribution in [3.8, 4) is 0 Å². The molecule has 4 nitrogen and oxygen atoms in total. The number of hydrogen-bond acceptors (Lipinski definition) is 4. The fourth-order valence-corrected chi connectivity index (χ4v) is 2.06. The Bertz CT molecular complexity index is 422. The lowest BCUT2D eigenvalue weighted by Gasteiger charge is -2.33. The van der Waals surface area contributed by atoms with E-state index in [2.05, 4.69) is 17.4 Å². The number of hydrazine groups is 1. The highest BCUT2D eigenvalue weighted by Crippen LogP contribution is 2.17. The van der Waals surface area contributed by atoms with E-state index in [4.69, 9.17) is 0 Å². The van der Waals surface area contributed by atoms with Crippen LogP contribution in [0.25, 0.3) is 0 Å². The topological polar surface area (TPSA) is 38.7 Å². The summed E-state index contributed by atoms with van der Waals surface area (Å²) in [6.07, 6.45) is -0.986. The monoisotopic (exact) mass is 271 g/mol. The predicted molar refractivity (Wildman–Crippen MR) is 68.4 cm³/mol. The molecule has 1 unspecified atom stereocenters. The summed E-state index contributed by atoms with van der Waals surface area (Å²) in [6.45, 7) is 3.83. The van der Waals surface area contributed by atoms with Crippen LogP contribution < -0.4 is 5.43 Å². The summed E-state index contributed by atoms with van der Waals surface area (Å²) in [6, 6.07) is 3.22. The average Bonchev–Trinajstić information content (AvgIpc) is 2.37. The van der Waals surface area contributed by atoms with Gasteiger partial charge >= 0.3 is 0 Å². The molecule has 0 radical (unpaired) electrons. The molecule has 0 aliphatic carbocycles. The number of likely N-dealkylation sites (N-methyl/N-ethyl adjacent to an activating group) is 1. The minimum atomic E-state index is -0.986. The van der Waals surface area contributed by atoms with Gasteiger partial charge in [0.05, 0.1) is 6.10 Å². The molecule has 2 N–H and O–H groups in total. The number of nitrogens with one attached hydrogen (secondary N) is 1. The van der Waals surface area contributed by atoms with Gasteiger partial charge in [0, 0.05) is 44.4 Å². The van der Waals surface area contributed by atoms with Crippen molar-refractivity contribution >= 4 is 0 Å². The Labute approximate surface area is 111 Å². The van der Waals surface area contributed by atoms with E-state index in [9.17, 15) is 13.9 Å². The van der Waals surface area contributed by atoms with Gasteiger partial charge in [0.15, 0.2) is 0 Å². The molecule has 1 aliphatic rings. The Morgan fingerprint density at radius 1 is 1.26 bits per heavy atom. The van der Waals surface area contributed by atoms with Crippen LogP contribution in [-0.2, 0) is 0 Å². The second kappa shape index (κ2) is 6.38. The van der Waals surface area contributed by atoms with E-state index in [-0.39, 0.29) is 12.1 Å². The van der Waals surface area contributed by atoms with Gasteiger partial charge in [0.2, 0.25) is 0 Å². The zero-order valence-electron chi connectivity index (χ0n) is 10.9. The normalized spacial score (nSPS) is 19.6. The van der Waals surface area contributed by atoms with Crippen LogP contribution in [0.4, 0.5) is 8.78 Å². The van der Waals surface area contributed by atoms with Gasteiger partial charge in [0.1, 0.15) is 11.6 Å². The van der Waals surface area contributed by atoms with Gasteiger partial charge in [-0.2, -0.15) is 0 Å². The Morgan fingerprint density at radius 2 is 1.95 bits per heavy atom. The van der Waals surface area contributed by atoms with Gasteiger partial charge in [-0.25, -0.2) is 13.8 Å². The summed E-state index contributed by atoms with van der Waals surface area (Å²) in [5.41, 5.74) is 3.19. The van der Waals surface area contributed by atoms with Crippen molar-refractivity contribution in [2.45, 2.75) is 6.10 Å². The summed E-state index contributed by atoms with van der Waals surface area (Å²) in [7, 11) is 2.06. The molecule has 19 heavy (non-hydrogen) atoms. The number of aliphatic hydroxyl groups excluding tert-OH is 1. The van der Waals surface area contributed by atoms with E-state index >= 15 is 0 Å². The van der Waals surface area contributed by atoms with Crippen LogP contribution >= 0.6 is 0 Å². The minimum Gasteiger partial charge on any atom is -0.387 e. The smallest absolute Gasteiger partial charge is 0.131 e. The molecule has 1 aromatic rings. The quantitative estimate of drug-likeness (QED) is 0.847. The summed E-state index contributed by atoms with van der Waals surface area (Å²) >= 11 is 0. The molecule has 0 spiro atoms. The Hall–Kier alpha value is -1.08. The lowest BCUT2D eigenvalue weighted by molar-refractivity contribution is 0.0733. The first kappa shape index (κ1) is 14.3. The maximum absolute atomic E-state index is 13.5. The SMILES string of the molecule is CN1CCN(NCC(O)c2ccc(F)cc2F)CC1. The third-order valence-corrected chi connectivity index (χ3v) is 3.33. The molecule has 0 saturated carbocycles. The molecule has 1 heterocycles. The molecule has 6 heteroatoms. The number of rotatable bonds is 4. The highest BCUT2D eigenvalue weighted by molar-refractivity contribution is 5.21. The molecular weight excluding hydrogens is 252 g/mol. The number of hydrogen-bond donors (Lipinski definition) is 2. The van der Waals surface area contributed by atoms with Crippen LogP contribution in [0, 0.1) is 11.6 Å². The standard InChI is InChI=1S/C13H19F2N3O/c1-17-4-6-18(7-5-17)16-9-13(19)11-3-2-10(14)8-12(11)15/h2-3,8,13,16,19H,4-7,9H2,1H3. The largest absolute Gasteiger partial charge is 0.387 e. The third-order valence-electron chi connectivity index (χ3n) is 3.33. The highest BCUT2D eigenvalue weighted by Gasteiger charge is 2.17. The van der Waals surface area contributed by atoms with Crippen LogP contribution in [0.5, 0.6) is 0 Å². The van der Waals surface area contributed by atoms with E-state index < -0.39 is 17.7 Å². The zero-order valence-corrected chi connectivity index (χ0v) is 10.9. The first-order valence-corrected chi connectivity index (χ1v) is 6.36. The molecule has 1 saturated heterocycles. The second-order valence-electron chi connectivity index (χ2n) is 4.83. The lowest BCUT2D eigenvalue weighted by Crippen LogP contribution is -2.51. The van der Waals surface area contributed by atoms with E-state index in [1.54, 1.807) is 0 Å². The first-order valence-electron chi connectivity index (χ1n) is 6.36. The third kappa shape index (κ3) is 3.94. The van der Waals surface area contributed by atoms with Crippen molar-refractivity contribution in [1.82, 2.24) is 15.3 Å². The summed E-state index contributed by atoms with van der Waals surface area (Å²) in [5.74, 6) is -1.35. The van der Waals surface area contributed by atoms with Gasteiger partial charge in [-0.3, -0.25) is 5.43 Å². The van der Waals surface area contributed by atoms with Crippen molar-refractivity contribution in [1.29, 1.82) is 0 Å². The number of piperazine rings is 1. The van der Waals surface area contributed by atoms with E-state index in [1.165, 1.54) is 6.07 Å². The molecule has 1 aliphatic heterocycles. The fourth-order valence-electron chi connectivity index (χ4n) is 2.06. The van der Waals surface area contributed by atoms with Gasteiger partial charge < -0.3 is 10.0 Å². The fraction of sp³-hybridized carbons (Fsp3) is 0.538. The molecule has 1 fully saturated rings. The lowest BCUT2D eigenvalue weighted by atomic mass is 10.1. The highest BCUT2D eigenvalue weighted by atomic mass is 19.1. The molecular formula is C13H19F2N3O. The number of halogens is 2. The van der Waals surface area contributed by atoms with Gasteiger partial charge in [-0.1, -0.05) is 6.07 Å². The van der Waals surface area contributed by atoms with Crippen LogP contribution in [0.3, 0.4) is 0 Å². The maximum Gasteiger partial charge on any atom is 0.131 e. The molecule has 0 bridgehead atoms. The van der Waals surface area contributed by atoms with E-state index in [1.807, 2.05) is 5.01 Å². The van der Waals surface area contributed by atoms with Crippen molar-refractivity contribution in [3.63, 3.8) is 0 Å². The van der Waals surface area contributed by atoms with Crippen LogP contribution in [0.1, 0.15) is 11.7 Å². The Kier molecular flexibility index (Phi) is 4.81. The van der Waals surface area contributed by atoms with Crippen molar-refractivity contribution in [3.05, 3.63) is 35.4 Å². The zero-order chi connectivity index (χ0) is 13.8. The Morgan fingerprint density at radius 3 is 2.58 bits per heavy atom. The van der Waals surface area contributed by atoms with Gasteiger partial charge in [-0.05, 0) is 13.1 Å². The average molecular weight is 271 g/mol. The summed E-state index contributed by atoms with van der Waals surface area (Å²) in [4.78, 5) is 2.22. The van der Waals surface area contributed by atoms with E-state index in [0.717, 1.165) is 38.3 Å². The summed E-state index contributed by atoms with van der Waals surface area (Å²) < 4.78 is 26.2. The molecule has 2 rings (SSSR count). The summed E-state index contributed by atoms with van der Waals surface area (Å²) in [5, 5.41) is 11.9. The van der Waals surface area contributed by atoms with Crippen LogP contribution in [0.2, 0.25) is 0 Å². The van der Waals surface area contributed by atoms with Crippen molar-refractivity contribution < 1.29 is 13.9 Å². The van der Waals surface area contributed by atoms with Crippen LogP contribution in [0.15, 0.2) is 18.2 Å². The molecule has 1 aromatic carbocycles. The molecule has 0 aromatic heterocycles. The van der Waals surface area contributed by atoms with Gasteiger partial charge in [-0.15, -0.1) is 0 Å². The second-order valence-corrected chi connectivity index (χ2v) is 4.83. The van der Waals surface area contributed by atoms with Crippen molar-refractivity contribution in [2.24, 2.45) is 0 Å². The predicted octanol–water partition coefficient (Wildman–Crippen LogP) is 0.750. The molecule has 0 amide bonds. The maximum atomic E-state index is 13.5. The van der Waals surface area contributed by atoms with Crippen LogP contribution in [-0.4, -0.2) is 54.8 Å². The van der Waals surface area contributed by atoms with E-state index in [0.29, 0.717) is 0 Å². The molecule has 106 valence electrons. The van der Waals surface area contributed by atoms with Gasteiger partial charge in [0.25, 0.3) is 0 Å². The van der Waals surface area contributed by atoms with Crippen molar-refractivity contribution in [2.75, 3.05) is 39.8 Å².